The first-order valence-electron chi connectivity index (χ1n) is 7.16. The maximum atomic E-state index is 5.60. The zero-order valence-electron chi connectivity index (χ0n) is 12.4. The summed E-state index contributed by atoms with van der Waals surface area (Å²) in [4.78, 5) is 0.683. The van der Waals surface area contributed by atoms with E-state index in [4.69, 9.17) is 9.47 Å². The lowest BCUT2D eigenvalue weighted by atomic mass is 9.68. The van der Waals surface area contributed by atoms with Crippen LogP contribution >= 0.6 is 15.9 Å². The van der Waals surface area contributed by atoms with Crippen molar-refractivity contribution in [1.82, 2.24) is 0 Å². The van der Waals surface area contributed by atoms with Crippen molar-refractivity contribution >= 4 is 15.9 Å². The number of alkyl halides is 1. The van der Waals surface area contributed by atoms with Crippen molar-refractivity contribution in [3.05, 3.63) is 0 Å². The van der Waals surface area contributed by atoms with Gasteiger partial charge in [0.05, 0.1) is 13.2 Å². The fraction of sp³-hybridized carbons (Fsp3) is 1.00. The Morgan fingerprint density at radius 3 is 2.44 bits per heavy atom. The molecule has 3 atom stereocenters. The summed E-state index contributed by atoms with van der Waals surface area (Å²) in [6.45, 7) is 9.41. The number of halogens is 1. The fourth-order valence-corrected chi connectivity index (χ4v) is 3.54. The minimum Gasteiger partial charge on any atom is -0.382 e. The van der Waals surface area contributed by atoms with Crippen molar-refractivity contribution in [2.45, 2.75) is 51.3 Å². The van der Waals surface area contributed by atoms with Crippen LogP contribution in [0.1, 0.15) is 46.5 Å². The normalized spacial score (nSPS) is 29.5. The Bertz CT molecular complexity index is 225. The van der Waals surface area contributed by atoms with Crippen LogP contribution in [-0.2, 0) is 9.47 Å². The zero-order chi connectivity index (χ0) is 13.6. The molecule has 0 aromatic rings. The number of methoxy groups -OCH3 is 1. The number of ether oxygens (including phenoxy) is 2. The van der Waals surface area contributed by atoms with Gasteiger partial charge in [0.15, 0.2) is 0 Å². The zero-order valence-corrected chi connectivity index (χ0v) is 14.0. The second-order valence-electron chi connectivity index (χ2n) is 6.55. The molecule has 18 heavy (non-hydrogen) atoms. The largest absolute Gasteiger partial charge is 0.382 e. The predicted octanol–water partition coefficient (Wildman–Crippen LogP) is 4.27. The molecule has 0 amide bonds. The van der Waals surface area contributed by atoms with E-state index < -0.39 is 0 Å². The smallest absolute Gasteiger partial charge is 0.0700 e. The third-order valence-corrected chi connectivity index (χ3v) is 5.38. The predicted molar refractivity (Wildman–Crippen MR) is 80.3 cm³/mol. The van der Waals surface area contributed by atoms with Gasteiger partial charge in [-0.2, -0.15) is 0 Å². The number of hydrogen-bond donors (Lipinski definition) is 0. The van der Waals surface area contributed by atoms with Crippen LogP contribution in [0.4, 0.5) is 0 Å². The molecule has 1 aliphatic carbocycles. The van der Waals surface area contributed by atoms with Crippen LogP contribution in [0.5, 0.6) is 0 Å². The van der Waals surface area contributed by atoms with Gasteiger partial charge in [-0.05, 0) is 42.9 Å². The van der Waals surface area contributed by atoms with E-state index in [0.717, 1.165) is 25.0 Å². The van der Waals surface area contributed by atoms with Gasteiger partial charge in [0.2, 0.25) is 0 Å². The van der Waals surface area contributed by atoms with Gasteiger partial charge in [0.1, 0.15) is 0 Å². The Kier molecular flexibility index (Phi) is 7.19. The van der Waals surface area contributed by atoms with Crippen LogP contribution in [-0.4, -0.2) is 31.8 Å². The molecule has 0 saturated heterocycles. The summed E-state index contributed by atoms with van der Waals surface area (Å²) in [6.07, 6.45) is 5.18. The first-order chi connectivity index (χ1) is 8.45. The van der Waals surface area contributed by atoms with Gasteiger partial charge in [-0.25, -0.2) is 0 Å². The van der Waals surface area contributed by atoms with Crippen molar-refractivity contribution in [2.24, 2.45) is 17.3 Å². The highest BCUT2D eigenvalue weighted by Crippen LogP contribution is 2.43. The van der Waals surface area contributed by atoms with Gasteiger partial charge in [0.25, 0.3) is 0 Å². The molecule has 0 aromatic heterocycles. The highest BCUT2D eigenvalue weighted by atomic mass is 79.9. The second-order valence-corrected chi connectivity index (χ2v) is 7.72. The highest BCUT2D eigenvalue weighted by molar-refractivity contribution is 9.09. The average Bonchev–Trinajstić information content (AvgIpc) is 2.29. The molecule has 1 rings (SSSR count). The molecular formula is C15H29BrO2. The Hall–Kier alpha value is 0.400. The van der Waals surface area contributed by atoms with Crippen LogP contribution in [0.2, 0.25) is 0 Å². The molecule has 0 aliphatic heterocycles. The van der Waals surface area contributed by atoms with E-state index >= 15 is 0 Å². The second kappa shape index (κ2) is 7.86. The van der Waals surface area contributed by atoms with E-state index in [1.807, 2.05) is 0 Å². The summed E-state index contributed by atoms with van der Waals surface area (Å²) < 4.78 is 10.6. The van der Waals surface area contributed by atoms with Crippen molar-refractivity contribution in [1.29, 1.82) is 0 Å². The standard InChI is InChI=1S/C15H29BrO2/c1-15(2,3)13-5-6-14(16)12(11-13)7-8-18-10-9-17-4/h12-14H,5-11H2,1-4H3. The summed E-state index contributed by atoms with van der Waals surface area (Å²) in [5.74, 6) is 1.63. The molecule has 0 radical (unpaired) electrons. The Morgan fingerprint density at radius 1 is 1.11 bits per heavy atom. The van der Waals surface area contributed by atoms with Crippen LogP contribution in [0.25, 0.3) is 0 Å². The van der Waals surface area contributed by atoms with E-state index in [9.17, 15) is 0 Å². The van der Waals surface area contributed by atoms with E-state index in [2.05, 4.69) is 36.7 Å². The van der Waals surface area contributed by atoms with Gasteiger partial charge in [-0.3, -0.25) is 0 Å². The lowest BCUT2D eigenvalue weighted by Gasteiger charge is -2.40. The maximum Gasteiger partial charge on any atom is 0.0700 e. The van der Waals surface area contributed by atoms with Crippen molar-refractivity contribution in [2.75, 3.05) is 26.9 Å². The van der Waals surface area contributed by atoms with Crippen molar-refractivity contribution in [3.8, 4) is 0 Å². The lowest BCUT2D eigenvalue weighted by molar-refractivity contribution is 0.0550. The van der Waals surface area contributed by atoms with E-state index in [0.29, 0.717) is 16.8 Å². The monoisotopic (exact) mass is 320 g/mol. The van der Waals surface area contributed by atoms with Gasteiger partial charge in [-0.1, -0.05) is 36.7 Å². The van der Waals surface area contributed by atoms with Gasteiger partial charge >= 0.3 is 0 Å². The summed E-state index contributed by atoms with van der Waals surface area (Å²) in [6, 6.07) is 0. The summed E-state index contributed by atoms with van der Waals surface area (Å²) in [5, 5.41) is 0. The number of rotatable bonds is 6. The van der Waals surface area contributed by atoms with Crippen LogP contribution in [0.3, 0.4) is 0 Å². The molecule has 108 valence electrons. The van der Waals surface area contributed by atoms with Crippen LogP contribution < -0.4 is 0 Å². The van der Waals surface area contributed by atoms with Crippen molar-refractivity contribution in [3.63, 3.8) is 0 Å². The first kappa shape index (κ1) is 16.5. The molecule has 3 unspecified atom stereocenters. The molecule has 1 saturated carbocycles. The Morgan fingerprint density at radius 2 is 1.83 bits per heavy atom. The van der Waals surface area contributed by atoms with Crippen LogP contribution in [0.15, 0.2) is 0 Å². The number of hydrogen-bond acceptors (Lipinski definition) is 2. The van der Waals surface area contributed by atoms with E-state index in [-0.39, 0.29) is 0 Å². The molecule has 0 N–H and O–H groups in total. The summed E-state index contributed by atoms with van der Waals surface area (Å²) in [5.41, 5.74) is 0.447. The molecule has 3 heteroatoms. The molecular weight excluding hydrogens is 292 g/mol. The summed E-state index contributed by atoms with van der Waals surface area (Å²) >= 11 is 3.85. The molecule has 0 spiro atoms. The lowest BCUT2D eigenvalue weighted by Crippen LogP contribution is -2.32. The van der Waals surface area contributed by atoms with Gasteiger partial charge in [-0.15, -0.1) is 0 Å². The Labute approximate surface area is 121 Å². The topological polar surface area (TPSA) is 18.5 Å². The minimum absolute atomic E-state index is 0.447. The third kappa shape index (κ3) is 5.58. The highest BCUT2D eigenvalue weighted by Gasteiger charge is 2.34. The average molecular weight is 321 g/mol. The van der Waals surface area contributed by atoms with Crippen LogP contribution in [0, 0.1) is 17.3 Å². The first-order valence-corrected chi connectivity index (χ1v) is 8.07. The Balaban J connectivity index is 2.29. The SMILES string of the molecule is COCCOCCC1CC(C(C)(C)C)CCC1Br. The summed E-state index contributed by atoms with van der Waals surface area (Å²) in [7, 11) is 1.72. The molecule has 0 bridgehead atoms. The van der Waals surface area contributed by atoms with Gasteiger partial charge < -0.3 is 9.47 Å². The fourth-order valence-electron chi connectivity index (χ4n) is 2.79. The molecule has 2 nitrogen and oxygen atoms in total. The van der Waals surface area contributed by atoms with Gasteiger partial charge in [0, 0.05) is 18.5 Å². The van der Waals surface area contributed by atoms with Crippen molar-refractivity contribution < 1.29 is 9.47 Å². The minimum atomic E-state index is 0.447. The quantitative estimate of drug-likeness (QED) is 0.537. The molecule has 1 aliphatic rings. The molecule has 0 heterocycles. The molecule has 0 aromatic carbocycles. The molecule has 1 fully saturated rings. The van der Waals surface area contributed by atoms with E-state index in [1.54, 1.807) is 7.11 Å². The van der Waals surface area contributed by atoms with E-state index in [1.165, 1.54) is 25.7 Å². The third-order valence-electron chi connectivity index (χ3n) is 4.18. The maximum absolute atomic E-state index is 5.60.